The Labute approximate surface area is 115 Å². The molecule has 2 aromatic carbocycles. The van der Waals surface area contributed by atoms with E-state index in [1.54, 1.807) is 48.5 Å². The van der Waals surface area contributed by atoms with Gasteiger partial charge in [-0.1, -0.05) is 0 Å². The highest BCUT2D eigenvalue weighted by Crippen LogP contribution is 2.27. The van der Waals surface area contributed by atoms with E-state index in [0.717, 1.165) is 0 Å². The zero-order valence-corrected chi connectivity index (χ0v) is 10.6. The number of nitrogens with two attached hydrogens (primary N) is 3. The summed E-state index contributed by atoms with van der Waals surface area (Å²) in [5.74, 6) is -1.88. The third-order valence-electron chi connectivity index (χ3n) is 2.72. The van der Waals surface area contributed by atoms with E-state index in [2.05, 4.69) is 0 Å². The molecule has 0 aromatic heterocycles. The van der Waals surface area contributed by atoms with Crippen LogP contribution in [0.25, 0.3) is 0 Å². The van der Waals surface area contributed by atoms with Gasteiger partial charge in [0.05, 0.1) is 0 Å². The first kappa shape index (κ1) is 13.4. The summed E-state index contributed by atoms with van der Waals surface area (Å²) in [4.78, 5) is 24.4. The number of hydrogen-bond donors (Lipinski definition) is 3. The van der Waals surface area contributed by atoms with Crippen molar-refractivity contribution in [3.05, 3.63) is 48.5 Å². The number of carbonyl (C=O) groups excluding carboxylic acids is 2. The lowest BCUT2D eigenvalue weighted by atomic mass is 10.2. The molecule has 20 heavy (non-hydrogen) atoms. The van der Waals surface area contributed by atoms with E-state index in [1.165, 1.54) is 4.90 Å². The summed E-state index contributed by atoms with van der Waals surface area (Å²) >= 11 is 0. The first-order valence-corrected chi connectivity index (χ1v) is 5.84. The molecule has 0 atom stereocenters. The van der Waals surface area contributed by atoms with Gasteiger partial charge < -0.3 is 17.2 Å². The van der Waals surface area contributed by atoms with Crippen LogP contribution >= 0.6 is 0 Å². The summed E-state index contributed by atoms with van der Waals surface area (Å²) < 4.78 is 0. The fourth-order valence-electron chi connectivity index (χ4n) is 1.74. The second-order valence-corrected chi connectivity index (χ2v) is 4.19. The van der Waals surface area contributed by atoms with Crippen LogP contribution < -0.4 is 22.1 Å². The van der Waals surface area contributed by atoms with Crippen molar-refractivity contribution in [3.8, 4) is 0 Å². The Bertz CT molecular complexity index is 590. The van der Waals surface area contributed by atoms with Gasteiger partial charge in [0.15, 0.2) is 0 Å². The maximum atomic E-state index is 12.0. The molecule has 0 unspecified atom stereocenters. The van der Waals surface area contributed by atoms with E-state index in [1.807, 2.05) is 0 Å². The maximum absolute atomic E-state index is 12.0. The normalized spacial score (nSPS) is 10.0. The van der Waals surface area contributed by atoms with Crippen LogP contribution in [0.2, 0.25) is 0 Å². The monoisotopic (exact) mass is 270 g/mol. The van der Waals surface area contributed by atoms with Gasteiger partial charge >= 0.3 is 11.8 Å². The predicted molar refractivity (Wildman–Crippen MR) is 78.0 cm³/mol. The second kappa shape index (κ2) is 5.31. The van der Waals surface area contributed by atoms with Gasteiger partial charge in [0.25, 0.3) is 0 Å². The van der Waals surface area contributed by atoms with Crippen molar-refractivity contribution in [3.63, 3.8) is 0 Å². The first-order chi connectivity index (χ1) is 9.49. The van der Waals surface area contributed by atoms with Crippen molar-refractivity contribution in [1.82, 2.24) is 0 Å². The highest BCUT2D eigenvalue weighted by Gasteiger charge is 2.22. The minimum atomic E-state index is -1.04. The van der Waals surface area contributed by atoms with Gasteiger partial charge in [-0.25, -0.2) is 0 Å². The van der Waals surface area contributed by atoms with Crippen molar-refractivity contribution >= 4 is 34.6 Å². The second-order valence-electron chi connectivity index (χ2n) is 4.19. The molecule has 2 amide bonds. The molecule has 6 heteroatoms. The molecular weight excluding hydrogens is 256 g/mol. The summed E-state index contributed by atoms with van der Waals surface area (Å²) in [6.45, 7) is 0. The molecule has 0 bridgehead atoms. The van der Waals surface area contributed by atoms with Gasteiger partial charge in [-0.2, -0.15) is 0 Å². The average Bonchev–Trinajstić information content (AvgIpc) is 2.43. The molecule has 0 aliphatic carbocycles. The van der Waals surface area contributed by atoms with Crippen molar-refractivity contribution < 1.29 is 9.59 Å². The number of rotatable bonds is 2. The van der Waals surface area contributed by atoms with E-state index in [-0.39, 0.29) is 0 Å². The van der Waals surface area contributed by atoms with Crippen molar-refractivity contribution in [2.45, 2.75) is 0 Å². The largest absolute Gasteiger partial charge is 0.399 e. The third-order valence-corrected chi connectivity index (χ3v) is 2.72. The SMILES string of the molecule is NC(=O)C(=O)N(c1ccc(N)cc1)c1ccc(N)cc1. The lowest BCUT2D eigenvalue weighted by Gasteiger charge is -2.21. The smallest absolute Gasteiger partial charge is 0.320 e. The lowest BCUT2D eigenvalue weighted by Crippen LogP contribution is -2.37. The Balaban J connectivity index is 2.49. The maximum Gasteiger partial charge on any atom is 0.320 e. The number of benzene rings is 2. The molecule has 2 rings (SSSR count). The molecule has 0 radical (unpaired) electrons. The minimum Gasteiger partial charge on any atom is -0.399 e. The third kappa shape index (κ3) is 2.69. The van der Waals surface area contributed by atoms with Gasteiger partial charge in [-0.3, -0.25) is 14.5 Å². The number of nitrogen functional groups attached to an aromatic ring is 2. The fraction of sp³-hybridized carbons (Fsp3) is 0. The summed E-state index contributed by atoms with van der Waals surface area (Å²) in [6, 6.07) is 13.1. The molecular formula is C14H14N4O2. The van der Waals surface area contributed by atoms with E-state index in [4.69, 9.17) is 17.2 Å². The van der Waals surface area contributed by atoms with Gasteiger partial charge in [-0.05, 0) is 48.5 Å². The molecule has 6 N–H and O–H groups in total. The molecule has 0 saturated carbocycles. The lowest BCUT2D eigenvalue weighted by molar-refractivity contribution is -0.135. The number of anilines is 4. The topological polar surface area (TPSA) is 115 Å². The summed E-state index contributed by atoms with van der Waals surface area (Å²) in [6.07, 6.45) is 0. The van der Waals surface area contributed by atoms with E-state index in [9.17, 15) is 9.59 Å². The van der Waals surface area contributed by atoms with Crippen LogP contribution in [-0.2, 0) is 9.59 Å². The van der Waals surface area contributed by atoms with Crippen LogP contribution in [0.5, 0.6) is 0 Å². The van der Waals surface area contributed by atoms with E-state index in [0.29, 0.717) is 22.7 Å². The Morgan fingerprint density at radius 2 is 1.10 bits per heavy atom. The molecule has 0 heterocycles. The van der Waals surface area contributed by atoms with Crippen molar-refractivity contribution in [2.24, 2.45) is 5.73 Å². The summed E-state index contributed by atoms with van der Waals surface area (Å²) in [5.41, 5.74) is 18.4. The number of amides is 2. The van der Waals surface area contributed by atoms with E-state index < -0.39 is 11.8 Å². The Morgan fingerprint density at radius 3 is 1.40 bits per heavy atom. The summed E-state index contributed by atoms with van der Waals surface area (Å²) in [7, 11) is 0. The van der Waals surface area contributed by atoms with Crippen LogP contribution in [0.3, 0.4) is 0 Å². The van der Waals surface area contributed by atoms with Gasteiger partial charge in [0, 0.05) is 22.7 Å². The molecule has 0 spiro atoms. The number of carbonyl (C=O) groups is 2. The van der Waals surface area contributed by atoms with Gasteiger partial charge in [0.2, 0.25) is 0 Å². The zero-order chi connectivity index (χ0) is 14.7. The predicted octanol–water partition coefficient (Wildman–Crippen LogP) is 1.00. The molecule has 0 aliphatic heterocycles. The molecule has 6 nitrogen and oxygen atoms in total. The highest BCUT2D eigenvalue weighted by atomic mass is 16.2. The molecule has 2 aromatic rings. The molecule has 0 saturated heterocycles. The van der Waals surface area contributed by atoms with Crippen LogP contribution in [0.4, 0.5) is 22.7 Å². The summed E-state index contributed by atoms with van der Waals surface area (Å²) in [5, 5.41) is 0. The molecule has 102 valence electrons. The molecule has 0 fully saturated rings. The number of hydrogen-bond acceptors (Lipinski definition) is 4. The van der Waals surface area contributed by atoms with Crippen LogP contribution in [0.15, 0.2) is 48.5 Å². The number of primary amides is 1. The van der Waals surface area contributed by atoms with Crippen LogP contribution in [0, 0.1) is 0 Å². The van der Waals surface area contributed by atoms with Crippen LogP contribution in [0.1, 0.15) is 0 Å². The first-order valence-electron chi connectivity index (χ1n) is 5.84. The standard InChI is InChI=1S/C14H14N4O2/c15-9-1-5-11(6-2-9)18(14(20)13(17)19)12-7-3-10(16)4-8-12/h1-8H,15-16H2,(H2,17,19). The Hall–Kier alpha value is -3.02. The molecule has 0 aliphatic rings. The van der Waals surface area contributed by atoms with Gasteiger partial charge in [-0.15, -0.1) is 0 Å². The quantitative estimate of drug-likeness (QED) is 0.557. The highest BCUT2D eigenvalue weighted by molar-refractivity contribution is 6.41. The fourth-order valence-corrected chi connectivity index (χ4v) is 1.74. The Morgan fingerprint density at radius 1 is 0.750 bits per heavy atom. The average molecular weight is 270 g/mol. The number of nitrogens with zero attached hydrogens (tertiary/aromatic N) is 1. The van der Waals surface area contributed by atoms with E-state index >= 15 is 0 Å². The van der Waals surface area contributed by atoms with Gasteiger partial charge in [0.1, 0.15) is 0 Å². The Kier molecular flexibility index (Phi) is 3.56. The minimum absolute atomic E-state index is 0.493. The van der Waals surface area contributed by atoms with Crippen LogP contribution in [-0.4, -0.2) is 11.8 Å². The van der Waals surface area contributed by atoms with Crippen molar-refractivity contribution in [1.29, 1.82) is 0 Å². The zero-order valence-electron chi connectivity index (χ0n) is 10.6. The van der Waals surface area contributed by atoms with Crippen molar-refractivity contribution in [2.75, 3.05) is 16.4 Å².